The Hall–Kier alpha value is -0.780. The Kier molecular flexibility index (Phi) is 4.80. The van der Waals surface area contributed by atoms with E-state index in [2.05, 4.69) is 0 Å². The van der Waals surface area contributed by atoms with Crippen LogP contribution in [0.4, 0.5) is 5.69 Å². The fourth-order valence-corrected chi connectivity index (χ4v) is 3.09. The molecule has 0 heterocycles. The van der Waals surface area contributed by atoms with Gasteiger partial charge in [0.2, 0.25) is 0 Å². The fraction of sp³-hybridized carbons (Fsp3) is 0.455. The van der Waals surface area contributed by atoms with E-state index in [0.29, 0.717) is 11.4 Å². The van der Waals surface area contributed by atoms with Gasteiger partial charge in [-0.3, -0.25) is 0 Å². The molecule has 2 N–H and O–H groups in total. The van der Waals surface area contributed by atoms with Crippen LogP contribution in [0.3, 0.4) is 0 Å². The lowest BCUT2D eigenvalue weighted by Crippen LogP contribution is -2.17. The minimum Gasteiger partial charge on any atom is -0.398 e. The monoisotopic (exact) mass is 276 g/mol. The van der Waals surface area contributed by atoms with Crippen LogP contribution in [-0.4, -0.2) is 39.7 Å². The van der Waals surface area contributed by atoms with Gasteiger partial charge < -0.3 is 10.6 Å². The molecule has 4 nitrogen and oxygen atoms in total. The van der Waals surface area contributed by atoms with Crippen molar-refractivity contribution in [1.29, 1.82) is 0 Å². The normalized spacial score (nSPS) is 12.0. The maximum Gasteiger partial charge on any atom is 0.180 e. The Balaban J connectivity index is 2.83. The smallest absolute Gasteiger partial charge is 0.180 e. The highest BCUT2D eigenvalue weighted by atomic mass is 35.5. The molecule has 1 aromatic rings. The summed E-state index contributed by atoms with van der Waals surface area (Å²) in [7, 11) is 0.498. The number of sulfone groups is 1. The first kappa shape index (κ1) is 14.3. The highest BCUT2D eigenvalue weighted by Gasteiger charge is 2.17. The van der Waals surface area contributed by atoms with Crippen LogP contribution in [0.1, 0.15) is 6.42 Å². The van der Waals surface area contributed by atoms with E-state index in [1.54, 1.807) is 0 Å². The highest BCUT2D eigenvalue weighted by Crippen LogP contribution is 2.23. The van der Waals surface area contributed by atoms with Crippen LogP contribution in [0, 0.1) is 0 Å². The minimum absolute atomic E-state index is 0.0943. The van der Waals surface area contributed by atoms with E-state index in [1.807, 2.05) is 19.0 Å². The van der Waals surface area contributed by atoms with Gasteiger partial charge in [0.25, 0.3) is 0 Å². The Morgan fingerprint density at radius 1 is 1.35 bits per heavy atom. The van der Waals surface area contributed by atoms with E-state index in [1.165, 1.54) is 18.2 Å². The molecule has 0 saturated carbocycles. The summed E-state index contributed by atoms with van der Waals surface area (Å²) in [6, 6.07) is 4.46. The Bertz CT molecular complexity index is 486. The van der Waals surface area contributed by atoms with Crippen LogP contribution in [0.15, 0.2) is 23.1 Å². The van der Waals surface area contributed by atoms with Gasteiger partial charge >= 0.3 is 0 Å². The van der Waals surface area contributed by atoms with Crippen molar-refractivity contribution in [2.45, 2.75) is 11.3 Å². The van der Waals surface area contributed by atoms with Crippen LogP contribution < -0.4 is 5.73 Å². The predicted octanol–water partition coefficient (Wildman–Crippen LogP) is 1.65. The number of rotatable bonds is 5. The molecule has 0 atom stereocenters. The van der Waals surface area contributed by atoms with Crippen molar-refractivity contribution in [3.63, 3.8) is 0 Å². The molecule has 0 amide bonds. The van der Waals surface area contributed by atoms with E-state index in [0.717, 1.165) is 6.54 Å². The standard InChI is InChI=1S/C11H17ClN2O2S/c1-14(2)6-3-7-17(15,16)11-5-4-9(12)8-10(11)13/h4-5,8H,3,6-7,13H2,1-2H3. The molecular weight excluding hydrogens is 260 g/mol. The third-order valence-electron chi connectivity index (χ3n) is 2.33. The maximum atomic E-state index is 12.0. The second kappa shape index (κ2) is 5.71. The molecule has 1 aromatic carbocycles. The Labute approximate surface area is 107 Å². The van der Waals surface area contributed by atoms with Crippen LogP contribution in [0.5, 0.6) is 0 Å². The number of nitrogens with zero attached hydrogens (tertiary/aromatic N) is 1. The first-order valence-electron chi connectivity index (χ1n) is 5.25. The van der Waals surface area contributed by atoms with E-state index in [9.17, 15) is 8.42 Å². The minimum atomic E-state index is -3.31. The van der Waals surface area contributed by atoms with Gasteiger partial charge in [-0.15, -0.1) is 0 Å². The lowest BCUT2D eigenvalue weighted by Gasteiger charge is -2.10. The van der Waals surface area contributed by atoms with Gasteiger partial charge in [-0.05, 0) is 45.3 Å². The summed E-state index contributed by atoms with van der Waals surface area (Å²) < 4.78 is 24.0. The average Bonchev–Trinajstić information content (AvgIpc) is 2.15. The van der Waals surface area contributed by atoms with Crippen LogP contribution >= 0.6 is 11.6 Å². The summed E-state index contributed by atoms with van der Waals surface area (Å²) in [5.74, 6) is 0.0943. The number of hydrogen-bond donors (Lipinski definition) is 1. The number of nitrogens with two attached hydrogens (primary N) is 1. The molecule has 17 heavy (non-hydrogen) atoms. The summed E-state index contributed by atoms with van der Waals surface area (Å²) in [6.45, 7) is 0.729. The first-order valence-corrected chi connectivity index (χ1v) is 7.28. The number of benzene rings is 1. The molecule has 0 saturated heterocycles. The third kappa shape index (κ3) is 4.18. The van der Waals surface area contributed by atoms with Crippen molar-refractivity contribution in [2.24, 2.45) is 0 Å². The van der Waals surface area contributed by atoms with Crippen molar-refractivity contribution in [2.75, 3.05) is 32.1 Å². The van der Waals surface area contributed by atoms with E-state index in [-0.39, 0.29) is 16.3 Å². The maximum absolute atomic E-state index is 12.0. The first-order chi connectivity index (χ1) is 7.83. The van der Waals surface area contributed by atoms with Crippen molar-refractivity contribution in [1.82, 2.24) is 4.90 Å². The van der Waals surface area contributed by atoms with Gasteiger partial charge in [0, 0.05) is 5.02 Å². The largest absolute Gasteiger partial charge is 0.398 e. The van der Waals surface area contributed by atoms with Gasteiger partial charge in [0.1, 0.15) is 0 Å². The van der Waals surface area contributed by atoms with Crippen molar-refractivity contribution < 1.29 is 8.42 Å². The Morgan fingerprint density at radius 2 is 2.00 bits per heavy atom. The number of hydrogen-bond acceptors (Lipinski definition) is 4. The highest BCUT2D eigenvalue weighted by molar-refractivity contribution is 7.91. The molecule has 1 rings (SSSR count). The number of nitrogen functional groups attached to an aromatic ring is 1. The molecule has 0 spiro atoms. The SMILES string of the molecule is CN(C)CCCS(=O)(=O)c1ccc(Cl)cc1N. The fourth-order valence-electron chi connectivity index (χ4n) is 1.48. The number of halogens is 1. The molecule has 0 aliphatic carbocycles. The van der Waals surface area contributed by atoms with Crippen molar-refractivity contribution >= 4 is 27.1 Å². The van der Waals surface area contributed by atoms with Crippen LogP contribution in [-0.2, 0) is 9.84 Å². The third-order valence-corrected chi connectivity index (χ3v) is 4.43. The van der Waals surface area contributed by atoms with Gasteiger partial charge in [-0.1, -0.05) is 11.6 Å². The van der Waals surface area contributed by atoms with Crippen LogP contribution in [0.25, 0.3) is 0 Å². The molecule has 0 unspecified atom stereocenters. The molecular formula is C11H17ClN2O2S. The van der Waals surface area contributed by atoms with E-state index in [4.69, 9.17) is 17.3 Å². The zero-order valence-corrected chi connectivity index (χ0v) is 11.6. The van der Waals surface area contributed by atoms with Crippen molar-refractivity contribution in [3.05, 3.63) is 23.2 Å². The number of anilines is 1. The second-order valence-corrected chi connectivity index (χ2v) is 6.67. The summed E-state index contributed by atoms with van der Waals surface area (Å²) >= 11 is 5.73. The molecule has 0 aromatic heterocycles. The van der Waals surface area contributed by atoms with Gasteiger partial charge in [0.05, 0.1) is 16.3 Å². The molecule has 0 bridgehead atoms. The summed E-state index contributed by atoms with van der Waals surface area (Å²) in [5, 5.41) is 0.440. The quantitative estimate of drug-likeness (QED) is 0.831. The van der Waals surface area contributed by atoms with Crippen LogP contribution in [0.2, 0.25) is 5.02 Å². The lowest BCUT2D eigenvalue weighted by atomic mass is 10.3. The zero-order chi connectivity index (χ0) is 13.1. The molecule has 96 valence electrons. The van der Waals surface area contributed by atoms with Crippen molar-refractivity contribution in [3.8, 4) is 0 Å². The van der Waals surface area contributed by atoms with Gasteiger partial charge in [-0.2, -0.15) is 0 Å². The topological polar surface area (TPSA) is 63.4 Å². The van der Waals surface area contributed by atoms with E-state index >= 15 is 0 Å². The average molecular weight is 277 g/mol. The van der Waals surface area contributed by atoms with Gasteiger partial charge in [0.15, 0.2) is 9.84 Å². The second-order valence-electron chi connectivity index (χ2n) is 4.16. The molecule has 0 aliphatic rings. The van der Waals surface area contributed by atoms with Gasteiger partial charge in [-0.25, -0.2) is 8.42 Å². The predicted molar refractivity (Wildman–Crippen MR) is 71.1 cm³/mol. The lowest BCUT2D eigenvalue weighted by molar-refractivity contribution is 0.408. The van der Waals surface area contributed by atoms with E-state index < -0.39 is 9.84 Å². The summed E-state index contributed by atoms with van der Waals surface area (Å²) in [5.41, 5.74) is 5.88. The summed E-state index contributed by atoms with van der Waals surface area (Å²) in [4.78, 5) is 2.11. The molecule has 0 radical (unpaired) electrons. The molecule has 6 heteroatoms. The molecule has 0 fully saturated rings. The summed E-state index contributed by atoms with van der Waals surface area (Å²) in [6.07, 6.45) is 0.581. The zero-order valence-electron chi connectivity index (χ0n) is 9.98. The molecule has 0 aliphatic heterocycles. The Morgan fingerprint density at radius 3 is 2.53 bits per heavy atom.